The molecule has 2 unspecified atom stereocenters. The van der Waals surface area contributed by atoms with E-state index in [4.69, 9.17) is 21.5 Å². The summed E-state index contributed by atoms with van der Waals surface area (Å²) in [5.41, 5.74) is 2.71. The lowest BCUT2D eigenvalue weighted by molar-refractivity contribution is -0.192. The zero-order chi connectivity index (χ0) is 24.6. The van der Waals surface area contributed by atoms with Crippen molar-refractivity contribution in [3.8, 4) is 5.69 Å². The van der Waals surface area contributed by atoms with Crippen molar-refractivity contribution in [1.82, 2.24) is 20.1 Å². The molecule has 178 valence electrons. The number of carboxylic acid groups (broad SMARTS) is 1. The average molecular weight is 489 g/mol. The molecule has 3 rings (SSSR count). The molecule has 0 saturated carbocycles. The molecular formula is C21H21ClF4N4O3. The minimum absolute atomic E-state index is 0.0314. The van der Waals surface area contributed by atoms with Crippen LogP contribution in [0.5, 0.6) is 0 Å². The van der Waals surface area contributed by atoms with Crippen LogP contribution in [0.15, 0.2) is 55.1 Å². The van der Waals surface area contributed by atoms with Gasteiger partial charge in [0.25, 0.3) is 0 Å². The predicted molar refractivity (Wildman–Crippen MR) is 113 cm³/mol. The molecule has 0 aliphatic carbocycles. The summed E-state index contributed by atoms with van der Waals surface area (Å²) in [6, 6.07) is 11.8. The number of halogens is 5. The minimum atomic E-state index is -5.08. The van der Waals surface area contributed by atoms with Gasteiger partial charge in [0, 0.05) is 17.1 Å². The van der Waals surface area contributed by atoms with Crippen molar-refractivity contribution >= 4 is 17.6 Å². The first-order valence-electron chi connectivity index (χ1n) is 9.57. The van der Waals surface area contributed by atoms with E-state index >= 15 is 0 Å². The van der Waals surface area contributed by atoms with Crippen LogP contribution in [0.4, 0.5) is 17.6 Å². The number of nitrogens with zero attached hydrogens (tertiary/aromatic N) is 3. The van der Waals surface area contributed by atoms with E-state index in [9.17, 15) is 22.7 Å². The molecule has 0 bridgehead atoms. The van der Waals surface area contributed by atoms with Gasteiger partial charge >= 0.3 is 12.1 Å². The zero-order valence-electron chi connectivity index (χ0n) is 17.3. The Morgan fingerprint density at radius 3 is 2.33 bits per heavy atom. The van der Waals surface area contributed by atoms with Crippen LogP contribution < -0.4 is 5.32 Å². The molecule has 0 fully saturated rings. The van der Waals surface area contributed by atoms with E-state index in [0.717, 1.165) is 16.8 Å². The molecule has 2 atom stereocenters. The second-order valence-corrected chi connectivity index (χ2v) is 7.35. The quantitative estimate of drug-likeness (QED) is 0.435. The van der Waals surface area contributed by atoms with Crippen molar-refractivity contribution in [2.24, 2.45) is 0 Å². The van der Waals surface area contributed by atoms with E-state index in [2.05, 4.69) is 15.4 Å². The zero-order valence-corrected chi connectivity index (χ0v) is 18.1. The Morgan fingerprint density at radius 2 is 1.85 bits per heavy atom. The Bertz CT molecular complexity index is 1030. The summed E-state index contributed by atoms with van der Waals surface area (Å²) in [5.74, 6) is -3.03. The van der Waals surface area contributed by atoms with Gasteiger partial charge in [0.05, 0.1) is 12.3 Å². The van der Waals surface area contributed by atoms with Crippen LogP contribution in [-0.2, 0) is 11.2 Å². The SMILES string of the molecule is CC(NC(CO)Cc1ccc(F)cc1)c1ccc(-n2cncn2)cc1Cl.O=C(O)C(F)(F)F. The fourth-order valence-corrected chi connectivity index (χ4v) is 3.21. The van der Waals surface area contributed by atoms with Gasteiger partial charge in [0.2, 0.25) is 0 Å². The standard InChI is InChI=1S/C19H20ClFN4O.C2HF3O2/c1-13(24-16(10-26)8-14-2-4-15(21)5-3-14)18-7-6-17(9-19(18)20)25-12-22-11-23-25;3-2(4,5)1(6)7/h2-7,9,11-13,16,24,26H,8,10H2,1H3;(H,6,7). The molecule has 33 heavy (non-hydrogen) atoms. The summed E-state index contributed by atoms with van der Waals surface area (Å²) in [5, 5.41) is 24.9. The Balaban J connectivity index is 0.000000479. The van der Waals surface area contributed by atoms with Gasteiger partial charge < -0.3 is 15.5 Å². The smallest absolute Gasteiger partial charge is 0.475 e. The van der Waals surface area contributed by atoms with Gasteiger partial charge in [-0.3, -0.25) is 0 Å². The molecule has 0 amide bonds. The molecule has 0 aliphatic rings. The molecule has 0 spiro atoms. The van der Waals surface area contributed by atoms with E-state index in [1.54, 1.807) is 23.1 Å². The van der Waals surface area contributed by atoms with Gasteiger partial charge in [-0.05, 0) is 48.7 Å². The van der Waals surface area contributed by atoms with Gasteiger partial charge in [0.1, 0.15) is 18.5 Å². The lowest BCUT2D eigenvalue weighted by Gasteiger charge is -2.23. The first kappa shape index (κ1) is 26.2. The lowest BCUT2D eigenvalue weighted by Crippen LogP contribution is -2.36. The van der Waals surface area contributed by atoms with Crippen molar-refractivity contribution in [1.29, 1.82) is 0 Å². The molecule has 7 nitrogen and oxygen atoms in total. The van der Waals surface area contributed by atoms with Crippen LogP contribution in [0.25, 0.3) is 5.69 Å². The summed E-state index contributed by atoms with van der Waals surface area (Å²) >= 11 is 6.44. The second kappa shape index (κ2) is 11.7. The van der Waals surface area contributed by atoms with Gasteiger partial charge in [0.15, 0.2) is 0 Å². The molecule has 3 N–H and O–H groups in total. The van der Waals surface area contributed by atoms with Gasteiger partial charge in [-0.2, -0.15) is 18.3 Å². The molecule has 0 aliphatic heterocycles. The normalized spacial score (nSPS) is 13.1. The number of nitrogens with one attached hydrogen (secondary N) is 1. The third-order valence-electron chi connectivity index (χ3n) is 4.48. The largest absolute Gasteiger partial charge is 0.490 e. The molecule has 3 aromatic rings. The van der Waals surface area contributed by atoms with Crippen molar-refractivity contribution < 1.29 is 32.6 Å². The molecule has 0 radical (unpaired) electrons. The Kier molecular flexibility index (Phi) is 9.32. The van der Waals surface area contributed by atoms with E-state index in [1.807, 2.05) is 25.1 Å². The molecule has 1 aromatic heterocycles. The molecule has 1 heterocycles. The first-order valence-corrected chi connectivity index (χ1v) is 9.95. The van der Waals surface area contributed by atoms with Crippen molar-refractivity contribution in [2.45, 2.75) is 31.6 Å². The number of rotatable bonds is 7. The molecular weight excluding hydrogens is 468 g/mol. The van der Waals surface area contributed by atoms with Crippen molar-refractivity contribution in [3.63, 3.8) is 0 Å². The predicted octanol–water partition coefficient (Wildman–Crippen LogP) is 3.95. The average Bonchev–Trinajstić information content (AvgIpc) is 3.29. The number of benzene rings is 2. The Labute approximate surface area is 191 Å². The maximum atomic E-state index is 13.0. The number of carbonyl (C=O) groups is 1. The van der Waals surface area contributed by atoms with Crippen LogP contribution in [0.1, 0.15) is 24.1 Å². The van der Waals surface area contributed by atoms with Crippen molar-refractivity contribution in [3.05, 3.63) is 77.1 Å². The highest BCUT2D eigenvalue weighted by molar-refractivity contribution is 6.31. The topological polar surface area (TPSA) is 100 Å². The van der Waals surface area contributed by atoms with Crippen molar-refractivity contribution in [2.75, 3.05) is 6.61 Å². The number of hydrogen-bond donors (Lipinski definition) is 3. The van der Waals surface area contributed by atoms with E-state index < -0.39 is 12.1 Å². The van der Waals surface area contributed by atoms with E-state index in [0.29, 0.717) is 11.4 Å². The number of carboxylic acids is 1. The van der Waals surface area contributed by atoms with Crippen LogP contribution >= 0.6 is 11.6 Å². The van der Waals surface area contributed by atoms with Crippen LogP contribution in [0.3, 0.4) is 0 Å². The van der Waals surface area contributed by atoms with Gasteiger partial charge in [-0.25, -0.2) is 18.9 Å². The number of aliphatic hydroxyl groups excluding tert-OH is 1. The molecule has 2 aromatic carbocycles. The van der Waals surface area contributed by atoms with E-state index in [-0.39, 0.29) is 24.5 Å². The Hall–Kier alpha value is -3.02. The highest BCUT2D eigenvalue weighted by Crippen LogP contribution is 2.26. The van der Waals surface area contributed by atoms with E-state index in [1.165, 1.54) is 18.5 Å². The first-order chi connectivity index (χ1) is 15.5. The fraction of sp³-hybridized carbons (Fsp3) is 0.286. The summed E-state index contributed by atoms with van der Waals surface area (Å²) in [6.07, 6.45) is -1.42. The maximum Gasteiger partial charge on any atom is 0.490 e. The van der Waals surface area contributed by atoms with Gasteiger partial charge in [-0.15, -0.1) is 0 Å². The number of alkyl halides is 3. The summed E-state index contributed by atoms with van der Waals surface area (Å²) in [4.78, 5) is 12.8. The number of aliphatic carboxylic acids is 1. The lowest BCUT2D eigenvalue weighted by atomic mass is 10.0. The maximum absolute atomic E-state index is 13.0. The van der Waals surface area contributed by atoms with Crippen LogP contribution in [-0.4, -0.2) is 49.8 Å². The molecule has 0 saturated heterocycles. The second-order valence-electron chi connectivity index (χ2n) is 6.95. The number of hydrogen-bond acceptors (Lipinski definition) is 5. The van der Waals surface area contributed by atoms with Gasteiger partial charge in [-0.1, -0.05) is 29.8 Å². The highest BCUT2D eigenvalue weighted by atomic mass is 35.5. The Morgan fingerprint density at radius 1 is 1.21 bits per heavy atom. The fourth-order valence-electron chi connectivity index (χ4n) is 2.88. The summed E-state index contributed by atoms with van der Waals surface area (Å²) in [6.45, 7) is 1.96. The summed E-state index contributed by atoms with van der Waals surface area (Å²) in [7, 11) is 0. The third kappa shape index (κ3) is 8.12. The summed E-state index contributed by atoms with van der Waals surface area (Å²) < 4.78 is 46.4. The monoisotopic (exact) mass is 488 g/mol. The third-order valence-corrected chi connectivity index (χ3v) is 4.81. The van der Waals surface area contributed by atoms with Crippen LogP contribution in [0.2, 0.25) is 5.02 Å². The number of aromatic nitrogens is 3. The minimum Gasteiger partial charge on any atom is -0.475 e. The van der Waals surface area contributed by atoms with Crippen LogP contribution in [0, 0.1) is 5.82 Å². The number of aliphatic hydroxyl groups is 1. The molecule has 12 heteroatoms. The highest BCUT2D eigenvalue weighted by Gasteiger charge is 2.38.